The number of pyridine rings is 1. The summed E-state index contributed by atoms with van der Waals surface area (Å²) in [4.78, 5) is 19.0. The number of carbonyl (C=O) groups is 1. The van der Waals surface area contributed by atoms with Crippen molar-refractivity contribution in [3.05, 3.63) is 57.7 Å². The monoisotopic (exact) mass is 406 g/mol. The Labute approximate surface area is 170 Å². The Hall–Kier alpha value is -3.26. The molecule has 0 bridgehead atoms. The second kappa shape index (κ2) is 6.66. The number of hydrogen-bond donors (Lipinski definition) is 1. The van der Waals surface area contributed by atoms with Crippen molar-refractivity contribution in [2.45, 2.75) is 32.6 Å². The van der Waals surface area contributed by atoms with E-state index in [1.54, 1.807) is 12.1 Å². The van der Waals surface area contributed by atoms with Crippen LogP contribution >= 0.6 is 11.3 Å². The Balaban J connectivity index is 1.63. The summed E-state index contributed by atoms with van der Waals surface area (Å²) in [6.45, 7) is 1.95. The number of aryl methyl sites for hydroxylation is 3. The largest absolute Gasteiger partial charge is 0.539 e. The molecule has 0 atom stereocenters. The van der Waals surface area contributed by atoms with Gasteiger partial charge < -0.3 is 15.4 Å². The van der Waals surface area contributed by atoms with E-state index in [4.69, 9.17) is 15.2 Å². The topological polar surface area (TPSA) is 109 Å². The highest BCUT2D eigenvalue weighted by Gasteiger charge is 2.32. The van der Waals surface area contributed by atoms with Crippen LogP contribution in [0.2, 0.25) is 0 Å². The van der Waals surface area contributed by atoms with Gasteiger partial charge in [0.05, 0.1) is 11.0 Å². The number of nitrogen functional groups attached to an aromatic ring is 1. The van der Waals surface area contributed by atoms with E-state index in [-0.39, 0.29) is 10.6 Å². The molecule has 0 saturated carbocycles. The van der Waals surface area contributed by atoms with Crippen molar-refractivity contribution < 1.29 is 19.1 Å². The maximum Gasteiger partial charge on any atom is 0.312 e. The number of thiophene rings is 1. The lowest BCUT2D eigenvalue weighted by atomic mass is 9.95. The summed E-state index contributed by atoms with van der Waals surface area (Å²) >= 11 is 1.21. The number of carbonyl (C=O) groups excluding carboxylic acids is 1. The summed E-state index contributed by atoms with van der Waals surface area (Å²) in [5, 5.41) is 16.8. The van der Waals surface area contributed by atoms with Crippen LogP contribution in [-0.4, -0.2) is 16.0 Å². The minimum Gasteiger partial charge on any atom is -0.539 e. The molecule has 1 aliphatic rings. The highest BCUT2D eigenvalue weighted by atomic mass is 32.1. The van der Waals surface area contributed by atoms with Crippen molar-refractivity contribution in [1.82, 2.24) is 10.3 Å². The summed E-state index contributed by atoms with van der Waals surface area (Å²) in [7, 11) is 0. The van der Waals surface area contributed by atoms with Gasteiger partial charge in [0, 0.05) is 23.2 Å². The predicted molar refractivity (Wildman–Crippen MR) is 106 cm³/mol. The first-order valence-corrected chi connectivity index (χ1v) is 10.3. The van der Waals surface area contributed by atoms with Crippen LogP contribution in [0, 0.1) is 6.92 Å². The Morgan fingerprint density at radius 3 is 2.79 bits per heavy atom. The normalized spacial score (nSPS) is 13.6. The molecule has 3 heterocycles. The minimum atomic E-state index is -0.792. The molecule has 0 spiro atoms. The van der Waals surface area contributed by atoms with Gasteiger partial charge >= 0.3 is 5.69 Å². The van der Waals surface area contributed by atoms with Crippen LogP contribution in [0.25, 0.3) is 15.9 Å². The average Bonchev–Trinajstić information content (AvgIpc) is 3.26. The Kier molecular flexibility index (Phi) is 4.09. The zero-order valence-corrected chi connectivity index (χ0v) is 16.6. The Bertz CT molecular complexity index is 1260. The molecule has 4 aromatic rings. The van der Waals surface area contributed by atoms with Crippen molar-refractivity contribution in [3.8, 4) is 11.6 Å². The second-order valence-electron chi connectivity index (χ2n) is 7.28. The van der Waals surface area contributed by atoms with Gasteiger partial charge in [-0.05, 0) is 48.9 Å². The molecular weight excluding hydrogens is 388 g/mol. The number of ketones is 1. The number of fused-ring (bicyclic) bond motifs is 2. The molecule has 2 N–H and O–H groups in total. The van der Waals surface area contributed by atoms with E-state index < -0.39 is 11.7 Å². The molecule has 8 heteroatoms. The standard InChI is InChI=1S/C21H18N4O3S/c1-11-6-8-13(9-7-11)25-17(21(27)28-24-25)18(26)19-16(22)14-10-12-4-2-3-5-15(12)23-20(14)29-19/h6-10H,2-5H2,1H3,(H2-,22,24,26,27). The molecule has 5 rings (SSSR count). The molecule has 7 nitrogen and oxygen atoms in total. The van der Waals surface area contributed by atoms with E-state index in [0.29, 0.717) is 11.4 Å². The van der Waals surface area contributed by atoms with Gasteiger partial charge in [-0.2, -0.15) is 0 Å². The fourth-order valence-electron chi connectivity index (χ4n) is 3.74. The molecule has 0 radical (unpaired) electrons. The highest BCUT2D eigenvalue weighted by molar-refractivity contribution is 7.21. The van der Waals surface area contributed by atoms with Gasteiger partial charge in [0.25, 0.3) is 5.78 Å². The third-order valence-corrected chi connectivity index (χ3v) is 6.42. The molecule has 0 aliphatic heterocycles. The van der Waals surface area contributed by atoms with Gasteiger partial charge in [-0.1, -0.05) is 17.7 Å². The number of benzene rings is 1. The SMILES string of the molecule is Cc1ccc(-[n+]2noc([O-])c2C(=O)c2sc3nc4c(cc3c2N)CCCC4)cc1. The van der Waals surface area contributed by atoms with Crippen molar-refractivity contribution in [3.63, 3.8) is 0 Å². The number of hydrogen-bond acceptors (Lipinski definition) is 7. The van der Waals surface area contributed by atoms with Crippen LogP contribution in [0.15, 0.2) is 34.9 Å². The fraction of sp³-hybridized carbons (Fsp3) is 0.238. The van der Waals surface area contributed by atoms with E-state index in [1.165, 1.54) is 21.6 Å². The van der Waals surface area contributed by atoms with Gasteiger partial charge in [0.1, 0.15) is 9.71 Å². The predicted octanol–water partition coefficient (Wildman–Crippen LogP) is 2.64. The Morgan fingerprint density at radius 1 is 1.24 bits per heavy atom. The molecule has 3 aromatic heterocycles. The second-order valence-corrected chi connectivity index (χ2v) is 8.28. The van der Waals surface area contributed by atoms with Crippen LogP contribution < -0.4 is 15.5 Å². The summed E-state index contributed by atoms with van der Waals surface area (Å²) in [6.07, 6.45) is 4.17. The molecule has 0 unspecified atom stereocenters. The Morgan fingerprint density at radius 2 is 2.00 bits per heavy atom. The van der Waals surface area contributed by atoms with E-state index in [0.717, 1.165) is 47.2 Å². The van der Waals surface area contributed by atoms with Crippen molar-refractivity contribution in [1.29, 1.82) is 0 Å². The van der Waals surface area contributed by atoms with Gasteiger partial charge in [0.2, 0.25) is 5.69 Å². The van der Waals surface area contributed by atoms with Gasteiger partial charge in [-0.25, -0.2) is 4.98 Å². The van der Waals surface area contributed by atoms with E-state index in [9.17, 15) is 9.90 Å². The first-order valence-electron chi connectivity index (χ1n) is 9.44. The lowest BCUT2D eigenvalue weighted by Crippen LogP contribution is -2.39. The lowest BCUT2D eigenvalue weighted by Gasteiger charge is -2.14. The van der Waals surface area contributed by atoms with Crippen LogP contribution in [-0.2, 0) is 12.8 Å². The van der Waals surface area contributed by atoms with Crippen molar-refractivity contribution in [2.75, 3.05) is 5.73 Å². The summed E-state index contributed by atoms with van der Waals surface area (Å²) < 4.78 is 6.03. The average molecular weight is 406 g/mol. The summed E-state index contributed by atoms with van der Waals surface area (Å²) in [6, 6.07) is 9.34. The van der Waals surface area contributed by atoms with E-state index >= 15 is 0 Å². The van der Waals surface area contributed by atoms with Gasteiger partial charge in [0.15, 0.2) is 5.95 Å². The van der Waals surface area contributed by atoms with Crippen LogP contribution in [0.1, 0.15) is 45.0 Å². The van der Waals surface area contributed by atoms with Crippen LogP contribution in [0.5, 0.6) is 5.95 Å². The van der Waals surface area contributed by atoms with Crippen molar-refractivity contribution >= 4 is 33.0 Å². The molecule has 146 valence electrons. The summed E-state index contributed by atoms with van der Waals surface area (Å²) in [5.74, 6) is -1.30. The summed E-state index contributed by atoms with van der Waals surface area (Å²) in [5.41, 5.74) is 10.4. The van der Waals surface area contributed by atoms with E-state index in [2.05, 4.69) is 5.27 Å². The minimum absolute atomic E-state index is 0.170. The first-order chi connectivity index (χ1) is 14.0. The number of rotatable bonds is 3. The van der Waals surface area contributed by atoms with E-state index in [1.807, 2.05) is 25.1 Å². The fourth-order valence-corrected chi connectivity index (χ4v) is 4.77. The maximum atomic E-state index is 13.3. The van der Waals surface area contributed by atoms with Gasteiger partial charge in [-0.15, -0.1) is 11.3 Å². The number of nitrogens with two attached hydrogens (primary N) is 1. The number of nitrogens with zero attached hydrogens (tertiary/aromatic N) is 3. The molecule has 0 saturated heterocycles. The smallest absolute Gasteiger partial charge is 0.312 e. The number of anilines is 1. The molecule has 0 fully saturated rings. The quantitative estimate of drug-likeness (QED) is 0.414. The molecular formula is C21H18N4O3S. The molecule has 1 aliphatic carbocycles. The molecule has 1 aromatic carbocycles. The molecule has 0 amide bonds. The zero-order chi connectivity index (χ0) is 20.1. The first kappa shape index (κ1) is 17.8. The van der Waals surface area contributed by atoms with Crippen LogP contribution in [0.3, 0.4) is 0 Å². The highest BCUT2D eigenvalue weighted by Crippen LogP contribution is 2.37. The maximum absolute atomic E-state index is 13.3. The van der Waals surface area contributed by atoms with Crippen LogP contribution in [0.4, 0.5) is 5.69 Å². The zero-order valence-electron chi connectivity index (χ0n) is 15.8. The third kappa shape index (κ3) is 2.87. The number of aromatic nitrogens is 3. The van der Waals surface area contributed by atoms with Crippen molar-refractivity contribution in [2.24, 2.45) is 0 Å². The third-order valence-electron chi connectivity index (χ3n) is 5.31. The molecule has 29 heavy (non-hydrogen) atoms. The van der Waals surface area contributed by atoms with Gasteiger partial charge in [-0.3, -0.25) is 4.79 Å². The lowest BCUT2D eigenvalue weighted by molar-refractivity contribution is -0.672.